The molecular formula is C26H20ClF3N6O2. The van der Waals surface area contributed by atoms with Crippen LogP contribution in [0.2, 0.25) is 5.02 Å². The Balaban J connectivity index is 1.62. The van der Waals surface area contributed by atoms with Gasteiger partial charge in [0.25, 0.3) is 5.56 Å². The zero-order chi connectivity index (χ0) is 26.6. The number of hydrogen-bond donors (Lipinski definition) is 1. The summed E-state index contributed by atoms with van der Waals surface area (Å²) in [5.74, 6) is 0. The van der Waals surface area contributed by atoms with Gasteiger partial charge in [0.05, 0.1) is 22.5 Å². The number of nitrogen functional groups attached to an aromatic ring is 1. The molecule has 0 radical (unpaired) electrons. The average molecular weight is 541 g/mol. The van der Waals surface area contributed by atoms with E-state index < -0.39 is 17.4 Å². The van der Waals surface area contributed by atoms with Crippen LogP contribution in [0.5, 0.6) is 0 Å². The molecule has 194 valence electrons. The molecule has 0 saturated carbocycles. The molecule has 4 heterocycles. The highest BCUT2D eigenvalue weighted by Crippen LogP contribution is 2.35. The highest BCUT2D eigenvalue weighted by molar-refractivity contribution is 6.30. The van der Waals surface area contributed by atoms with Gasteiger partial charge in [-0.05, 0) is 73.4 Å². The highest BCUT2D eigenvalue weighted by Gasteiger charge is 2.33. The minimum atomic E-state index is -4.71. The van der Waals surface area contributed by atoms with E-state index in [0.717, 1.165) is 29.9 Å². The summed E-state index contributed by atoms with van der Waals surface area (Å²) in [6.45, 7) is 0.613. The molecule has 0 aliphatic carbocycles. The predicted octanol–water partition coefficient (Wildman–Crippen LogP) is 5.75. The number of anilines is 1. The lowest BCUT2D eigenvalue weighted by atomic mass is 10.0. The number of fused-ring (bicyclic) bond motifs is 2. The summed E-state index contributed by atoms with van der Waals surface area (Å²) in [6.07, 6.45) is -2.26. The Hall–Kier alpha value is -3.96. The second-order valence-corrected chi connectivity index (χ2v) is 9.47. The van der Waals surface area contributed by atoms with Crippen molar-refractivity contribution in [1.82, 2.24) is 24.5 Å². The van der Waals surface area contributed by atoms with Gasteiger partial charge in [0.1, 0.15) is 16.9 Å². The van der Waals surface area contributed by atoms with E-state index >= 15 is 0 Å². The van der Waals surface area contributed by atoms with E-state index in [1.807, 2.05) is 0 Å². The fourth-order valence-electron chi connectivity index (χ4n) is 4.77. The van der Waals surface area contributed by atoms with Crippen molar-refractivity contribution in [2.24, 2.45) is 0 Å². The minimum Gasteiger partial charge on any atom is -0.397 e. The zero-order valence-electron chi connectivity index (χ0n) is 19.7. The van der Waals surface area contributed by atoms with Crippen molar-refractivity contribution in [3.63, 3.8) is 0 Å². The van der Waals surface area contributed by atoms with Gasteiger partial charge in [-0.25, -0.2) is 9.67 Å². The molecule has 1 aliphatic rings. The van der Waals surface area contributed by atoms with Crippen LogP contribution >= 0.6 is 11.6 Å². The third-order valence-electron chi connectivity index (χ3n) is 6.63. The molecule has 3 aromatic heterocycles. The van der Waals surface area contributed by atoms with Crippen molar-refractivity contribution in [2.75, 3.05) is 12.3 Å². The van der Waals surface area contributed by atoms with Crippen LogP contribution in [0.4, 0.5) is 18.9 Å². The monoisotopic (exact) mass is 540 g/mol. The molecular weight excluding hydrogens is 521 g/mol. The largest absolute Gasteiger partial charge is 0.433 e. The van der Waals surface area contributed by atoms with Crippen LogP contribution in [0.15, 0.2) is 59.4 Å². The average Bonchev–Trinajstić information content (AvgIpc) is 3.33. The predicted molar refractivity (Wildman–Crippen MR) is 137 cm³/mol. The van der Waals surface area contributed by atoms with Crippen molar-refractivity contribution in [3.8, 4) is 16.8 Å². The SMILES string of the molecule is Nc1c(-c2ccc3nnn(C4CCCCO4)c3c2)c(=O)n(-c2ccc(Cl)cc2)c2nc(C(F)(F)F)ccc12. The lowest BCUT2D eigenvalue weighted by Gasteiger charge is -2.22. The minimum absolute atomic E-state index is 0.0173. The maximum absolute atomic E-state index is 14.0. The second-order valence-electron chi connectivity index (χ2n) is 9.03. The molecule has 1 unspecified atom stereocenters. The first-order valence-corrected chi connectivity index (χ1v) is 12.3. The summed E-state index contributed by atoms with van der Waals surface area (Å²) in [4.78, 5) is 17.8. The van der Waals surface area contributed by atoms with E-state index in [9.17, 15) is 18.0 Å². The molecule has 8 nitrogen and oxygen atoms in total. The van der Waals surface area contributed by atoms with Crippen LogP contribution in [0.3, 0.4) is 0 Å². The number of benzene rings is 2. The molecule has 2 N–H and O–H groups in total. The van der Waals surface area contributed by atoms with Crippen molar-refractivity contribution < 1.29 is 17.9 Å². The van der Waals surface area contributed by atoms with E-state index in [4.69, 9.17) is 22.1 Å². The normalized spacial score (nSPS) is 16.4. The number of aromatic nitrogens is 5. The molecule has 0 bridgehead atoms. The highest BCUT2D eigenvalue weighted by atomic mass is 35.5. The molecule has 5 aromatic rings. The molecule has 1 aliphatic heterocycles. The van der Waals surface area contributed by atoms with Crippen molar-refractivity contribution >= 4 is 39.4 Å². The summed E-state index contributed by atoms with van der Waals surface area (Å²) in [6, 6.07) is 13.4. The lowest BCUT2D eigenvalue weighted by molar-refractivity contribution is -0.141. The fraction of sp³-hybridized carbons (Fsp3) is 0.231. The van der Waals surface area contributed by atoms with E-state index in [-0.39, 0.29) is 28.5 Å². The summed E-state index contributed by atoms with van der Waals surface area (Å²) in [5.41, 5.74) is 6.64. The van der Waals surface area contributed by atoms with Gasteiger partial charge < -0.3 is 10.5 Å². The smallest absolute Gasteiger partial charge is 0.397 e. The molecule has 12 heteroatoms. The van der Waals surface area contributed by atoms with Gasteiger partial charge in [0.15, 0.2) is 6.23 Å². The van der Waals surface area contributed by atoms with E-state index in [1.54, 1.807) is 35.0 Å². The molecule has 6 rings (SSSR count). The number of alkyl halides is 3. The van der Waals surface area contributed by atoms with E-state index in [0.29, 0.717) is 33.9 Å². The van der Waals surface area contributed by atoms with Gasteiger partial charge in [-0.2, -0.15) is 13.2 Å². The number of nitrogens with zero attached hydrogens (tertiary/aromatic N) is 5. The maximum Gasteiger partial charge on any atom is 0.433 e. The van der Waals surface area contributed by atoms with Gasteiger partial charge >= 0.3 is 6.18 Å². The van der Waals surface area contributed by atoms with Gasteiger partial charge in [0, 0.05) is 17.0 Å². The molecule has 1 atom stereocenters. The lowest BCUT2D eigenvalue weighted by Crippen LogP contribution is -2.24. The quantitative estimate of drug-likeness (QED) is 0.313. The van der Waals surface area contributed by atoms with Crippen LogP contribution in [-0.4, -0.2) is 31.2 Å². The van der Waals surface area contributed by atoms with Crippen LogP contribution < -0.4 is 11.3 Å². The Kier molecular flexibility index (Phi) is 5.84. The number of rotatable bonds is 3. The number of halogens is 4. The van der Waals surface area contributed by atoms with Crippen molar-refractivity contribution in [1.29, 1.82) is 0 Å². The number of pyridine rings is 2. The number of nitrogens with two attached hydrogens (primary N) is 1. The van der Waals surface area contributed by atoms with Gasteiger partial charge in [-0.1, -0.05) is 22.9 Å². The topological polar surface area (TPSA) is 101 Å². The third kappa shape index (κ3) is 4.07. The van der Waals surface area contributed by atoms with Gasteiger partial charge in [-0.15, -0.1) is 5.10 Å². The Morgan fingerprint density at radius 1 is 1.05 bits per heavy atom. The number of ether oxygens (including phenoxy) is 1. The molecule has 1 fully saturated rings. The first kappa shape index (κ1) is 24.4. The van der Waals surface area contributed by atoms with Crippen LogP contribution in [0.1, 0.15) is 31.2 Å². The summed E-state index contributed by atoms with van der Waals surface area (Å²) < 4.78 is 49.3. The molecule has 38 heavy (non-hydrogen) atoms. The maximum atomic E-state index is 14.0. The second kappa shape index (κ2) is 9.10. The molecule has 1 saturated heterocycles. The molecule has 2 aromatic carbocycles. The summed E-state index contributed by atoms with van der Waals surface area (Å²) in [7, 11) is 0. The van der Waals surface area contributed by atoms with Crippen molar-refractivity contribution in [2.45, 2.75) is 31.7 Å². The van der Waals surface area contributed by atoms with E-state index in [1.165, 1.54) is 18.2 Å². The first-order valence-electron chi connectivity index (χ1n) is 11.9. The Bertz CT molecular complexity index is 1740. The zero-order valence-corrected chi connectivity index (χ0v) is 20.5. The first-order chi connectivity index (χ1) is 18.2. The molecule has 0 spiro atoms. The standard InChI is InChI=1S/C26H20ClF3N6O2/c27-15-5-7-16(8-6-15)35-24-17(9-11-20(32-24)26(28,29)30)23(31)22(25(35)37)14-4-10-18-19(13-14)36(34-33-18)21-3-1-2-12-38-21/h4-11,13,21H,1-3,12,31H2. The molecule has 0 amide bonds. The third-order valence-corrected chi connectivity index (χ3v) is 6.88. The fourth-order valence-corrected chi connectivity index (χ4v) is 4.90. The van der Waals surface area contributed by atoms with Gasteiger partial charge in [-0.3, -0.25) is 9.36 Å². The van der Waals surface area contributed by atoms with Crippen LogP contribution in [0, 0.1) is 0 Å². The Morgan fingerprint density at radius 2 is 1.84 bits per heavy atom. The van der Waals surface area contributed by atoms with Crippen LogP contribution in [-0.2, 0) is 10.9 Å². The summed E-state index contributed by atoms with van der Waals surface area (Å²) >= 11 is 6.02. The Labute approximate surface area is 218 Å². The van der Waals surface area contributed by atoms with Crippen molar-refractivity contribution in [3.05, 3.63) is 75.7 Å². The van der Waals surface area contributed by atoms with Gasteiger partial charge in [0.2, 0.25) is 0 Å². The number of hydrogen-bond acceptors (Lipinski definition) is 6. The van der Waals surface area contributed by atoms with E-state index in [2.05, 4.69) is 15.3 Å². The van der Waals surface area contributed by atoms with Crippen LogP contribution in [0.25, 0.3) is 38.9 Å². The Morgan fingerprint density at radius 3 is 2.55 bits per heavy atom. The summed E-state index contributed by atoms with van der Waals surface area (Å²) in [5, 5.41) is 9.07.